The Kier molecular flexibility index (Phi) is 3.90. The summed E-state index contributed by atoms with van der Waals surface area (Å²) >= 11 is 0. The van der Waals surface area contributed by atoms with Crippen LogP contribution >= 0.6 is 0 Å². The third-order valence-corrected chi connectivity index (χ3v) is 4.12. The first-order chi connectivity index (χ1) is 10.1. The number of hydrogen-bond donors (Lipinski definition) is 3. The van der Waals surface area contributed by atoms with E-state index in [1.54, 1.807) is 0 Å². The molecule has 21 heavy (non-hydrogen) atoms. The fourth-order valence-corrected chi connectivity index (χ4v) is 2.86. The predicted octanol–water partition coefficient (Wildman–Crippen LogP) is -0.0833. The van der Waals surface area contributed by atoms with Crippen LogP contribution in [0, 0.1) is 5.92 Å². The minimum absolute atomic E-state index is 0.154. The molecule has 6 heteroatoms. The molecule has 3 rings (SSSR count). The van der Waals surface area contributed by atoms with Gasteiger partial charge in [-0.05, 0) is 17.5 Å². The number of carbonyl (C=O) groups excluding carboxylic acids is 1. The molecule has 0 radical (unpaired) electrons. The highest BCUT2D eigenvalue weighted by Gasteiger charge is 2.36. The van der Waals surface area contributed by atoms with E-state index in [2.05, 4.69) is 10.6 Å². The Bertz CT molecular complexity index is 560. The van der Waals surface area contributed by atoms with Crippen molar-refractivity contribution < 1.29 is 19.4 Å². The number of benzene rings is 1. The Hall–Kier alpha value is -1.92. The van der Waals surface area contributed by atoms with Crippen LogP contribution in [0.1, 0.15) is 11.1 Å². The summed E-state index contributed by atoms with van der Waals surface area (Å²) in [6.45, 7) is 1.06. The maximum absolute atomic E-state index is 12.3. The Morgan fingerprint density at radius 1 is 1.24 bits per heavy atom. The van der Waals surface area contributed by atoms with E-state index in [4.69, 9.17) is 9.84 Å². The van der Waals surface area contributed by atoms with Crippen LogP contribution in [-0.4, -0.2) is 42.3 Å². The first-order valence-electron chi connectivity index (χ1n) is 7.06. The summed E-state index contributed by atoms with van der Waals surface area (Å²) in [6, 6.07) is 7.24. The van der Waals surface area contributed by atoms with Gasteiger partial charge in [-0.1, -0.05) is 24.3 Å². The molecule has 0 saturated carbocycles. The lowest BCUT2D eigenvalue weighted by molar-refractivity contribution is -0.142. The second-order valence-corrected chi connectivity index (χ2v) is 5.50. The highest BCUT2D eigenvalue weighted by Crippen LogP contribution is 2.18. The van der Waals surface area contributed by atoms with Gasteiger partial charge in [0.25, 0.3) is 0 Å². The van der Waals surface area contributed by atoms with Gasteiger partial charge in [0.05, 0.1) is 25.3 Å². The van der Waals surface area contributed by atoms with Gasteiger partial charge in [0, 0.05) is 6.54 Å². The third-order valence-electron chi connectivity index (χ3n) is 4.12. The van der Waals surface area contributed by atoms with Crippen molar-refractivity contribution in [2.24, 2.45) is 5.92 Å². The molecule has 0 aliphatic carbocycles. The first-order valence-corrected chi connectivity index (χ1v) is 7.06. The maximum atomic E-state index is 12.3. The fourth-order valence-electron chi connectivity index (χ4n) is 2.86. The Morgan fingerprint density at radius 3 is 2.76 bits per heavy atom. The summed E-state index contributed by atoms with van der Waals surface area (Å²) in [4.78, 5) is 23.4. The number of rotatable bonds is 3. The summed E-state index contributed by atoms with van der Waals surface area (Å²) in [6.07, 6.45) is 0.618. The van der Waals surface area contributed by atoms with E-state index in [9.17, 15) is 9.59 Å². The summed E-state index contributed by atoms with van der Waals surface area (Å²) < 4.78 is 5.16. The number of nitrogens with one attached hydrogen (secondary N) is 2. The Balaban J connectivity index is 1.63. The van der Waals surface area contributed by atoms with Crippen molar-refractivity contribution >= 4 is 11.9 Å². The van der Waals surface area contributed by atoms with Crippen molar-refractivity contribution in [2.45, 2.75) is 25.0 Å². The molecule has 1 aromatic rings. The van der Waals surface area contributed by atoms with Gasteiger partial charge < -0.3 is 20.5 Å². The van der Waals surface area contributed by atoms with Gasteiger partial charge >= 0.3 is 5.97 Å². The van der Waals surface area contributed by atoms with Gasteiger partial charge in [-0.2, -0.15) is 0 Å². The van der Waals surface area contributed by atoms with Gasteiger partial charge in [-0.25, -0.2) is 0 Å². The molecule has 0 spiro atoms. The molecule has 112 valence electrons. The zero-order valence-corrected chi connectivity index (χ0v) is 11.5. The second-order valence-electron chi connectivity index (χ2n) is 5.50. The number of hydrogen-bond acceptors (Lipinski definition) is 4. The fraction of sp³-hybridized carbons (Fsp3) is 0.467. The lowest BCUT2D eigenvalue weighted by Gasteiger charge is -2.27. The minimum Gasteiger partial charge on any atom is -0.481 e. The number of aliphatic carboxylic acids is 1. The van der Waals surface area contributed by atoms with E-state index in [0.29, 0.717) is 13.0 Å². The minimum atomic E-state index is -0.931. The molecule has 1 amide bonds. The maximum Gasteiger partial charge on any atom is 0.311 e. The van der Waals surface area contributed by atoms with Crippen LogP contribution in [-0.2, 0) is 27.3 Å². The van der Waals surface area contributed by atoms with Crippen molar-refractivity contribution in [1.29, 1.82) is 0 Å². The van der Waals surface area contributed by atoms with E-state index in [1.807, 2.05) is 24.3 Å². The van der Waals surface area contributed by atoms with Crippen LogP contribution in [0.25, 0.3) is 0 Å². The van der Waals surface area contributed by atoms with Crippen molar-refractivity contribution in [3.63, 3.8) is 0 Å². The number of carbonyl (C=O) groups is 2. The van der Waals surface area contributed by atoms with Crippen molar-refractivity contribution in [2.75, 3.05) is 13.2 Å². The second kappa shape index (κ2) is 5.83. The van der Waals surface area contributed by atoms with Crippen molar-refractivity contribution in [3.05, 3.63) is 35.4 Å². The van der Waals surface area contributed by atoms with Gasteiger partial charge in [0.15, 0.2) is 0 Å². The average molecular weight is 290 g/mol. The van der Waals surface area contributed by atoms with E-state index < -0.39 is 17.9 Å². The van der Waals surface area contributed by atoms with Crippen molar-refractivity contribution in [3.8, 4) is 0 Å². The molecule has 1 fully saturated rings. The lowest BCUT2D eigenvalue weighted by atomic mass is 9.95. The highest BCUT2D eigenvalue weighted by atomic mass is 16.5. The van der Waals surface area contributed by atoms with E-state index in [0.717, 1.165) is 5.56 Å². The first kappa shape index (κ1) is 14.0. The molecule has 1 saturated heterocycles. The zero-order valence-electron chi connectivity index (χ0n) is 11.5. The van der Waals surface area contributed by atoms with Crippen LogP contribution in [0.2, 0.25) is 0 Å². The van der Waals surface area contributed by atoms with E-state index in [1.165, 1.54) is 5.56 Å². The molecule has 2 aliphatic heterocycles. The molecule has 2 heterocycles. The van der Waals surface area contributed by atoms with Gasteiger partial charge in [-0.15, -0.1) is 0 Å². The molecular weight excluding hydrogens is 272 g/mol. The third kappa shape index (κ3) is 2.91. The summed E-state index contributed by atoms with van der Waals surface area (Å²) in [7, 11) is 0. The summed E-state index contributed by atoms with van der Waals surface area (Å²) in [5.41, 5.74) is 2.36. The van der Waals surface area contributed by atoms with Crippen LogP contribution in [0.4, 0.5) is 0 Å². The lowest BCUT2D eigenvalue weighted by Crippen LogP contribution is -2.52. The van der Waals surface area contributed by atoms with Crippen molar-refractivity contribution in [1.82, 2.24) is 10.6 Å². The largest absolute Gasteiger partial charge is 0.481 e. The monoisotopic (exact) mass is 290 g/mol. The Labute approximate surface area is 122 Å². The molecule has 2 unspecified atom stereocenters. The number of carboxylic acid groups (broad SMARTS) is 1. The molecular formula is C15H18N2O4. The normalized spacial score (nSPS) is 27.9. The van der Waals surface area contributed by atoms with Crippen LogP contribution in [0.3, 0.4) is 0 Å². The van der Waals surface area contributed by atoms with Gasteiger partial charge in [0.2, 0.25) is 5.91 Å². The topological polar surface area (TPSA) is 87.7 Å². The van der Waals surface area contributed by atoms with E-state index >= 15 is 0 Å². The van der Waals surface area contributed by atoms with Gasteiger partial charge in [0.1, 0.15) is 5.92 Å². The van der Waals surface area contributed by atoms with E-state index in [-0.39, 0.29) is 25.2 Å². The predicted molar refractivity (Wildman–Crippen MR) is 74.6 cm³/mol. The molecule has 6 nitrogen and oxygen atoms in total. The molecule has 1 aromatic carbocycles. The molecule has 0 aromatic heterocycles. The highest BCUT2D eigenvalue weighted by molar-refractivity contribution is 5.83. The zero-order chi connectivity index (χ0) is 14.8. The molecule has 3 N–H and O–H groups in total. The Morgan fingerprint density at radius 2 is 2.00 bits per heavy atom. The smallest absolute Gasteiger partial charge is 0.311 e. The summed E-state index contributed by atoms with van der Waals surface area (Å²) in [5.74, 6) is -1.75. The van der Waals surface area contributed by atoms with Gasteiger partial charge in [-0.3, -0.25) is 9.59 Å². The molecule has 2 aliphatic rings. The van der Waals surface area contributed by atoms with Crippen LogP contribution in [0.15, 0.2) is 24.3 Å². The number of carboxylic acids is 1. The number of ether oxygens (including phenoxy) is 1. The van der Waals surface area contributed by atoms with Crippen LogP contribution < -0.4 is 10.6 Å². The summed E-state index contributed by atoms with van der Waals surface area (Å²) in [5, 5.41) is 15.1. The quantitative estimate of drug-likeness (QED) is 0.724. The molecule has 3 atom stereocenters. The molecule has 0 bridgehead atoms. The SMILES string of the molecule is O=C(O)C1COCC1NC(=O)[C@@H]1Cc2ccccc2CN1. The average Bonchev–Trinajstić information content (AvgIpc) is 2.95. The standard InChI is InChI=1S/C15H18N2O4/c18-14(17-13-8-21-7-11(13)15(19)20)12-5-9-3-1-2-4-10(9)6-16-12/h1-4,11-13,16H,5-8H2,(H,17,18)(H,19,20)/t11?,12-,13?/m0/s1. The number of fused-ring (bicyclic) bond motifs is 1. The van der Waals surface area contributed by atoms with Crippen LogP contribution in [0.5, 0.6) is 0 Å². The number of amides is 1.